The first-order valence-electron chi connectivity index (χ1n) is 5.66. The van der Waals surface area contributed by atoms with Crippen LogP contribution in [0.1, 0.15) is 27.2 Å². The van der Waals surface area contributed by atoms with Gasteiger partial charge >= 0.3 is 5.97 Å². The van der Waals surface area contributed by atoms with Crippen molar-refractivity contribution in [3.05, 3.63) is 12.7 Å². The van der Waals surface area contributed by atoms with E-state index in [9.17, 15) is 14.4 Å². The van der Waals surface area contributed by atoms with Crippen LogP contribution >= 0.6 is 0 Å². The Morgan fingerprint density at radius 3 is 2.39 bits per heavy atom. The maximum atomic E-state index is 11.8. The molecule has 0 spiro atoms. The van der Waals surface area contributed by atoms with Gasteiger partial charge in [-0.15, -0.1) is 0 Å². The number of carboxylic acids is 1. The fourth-order valence-electron chi connectivity index (χ4n) is 1.16. The molecule has 6 nitrogen and oxygen atoms in total. The van der Waals surface area contributed by atoms with Crippen LogP contribution in [0.5, 0.6) is 0 Å². The highest BCUT2D eigenvalue weighted by molar-refractivity contribution is 5.94. The summed E-state index contributed by atoms with van der Waals surface area (Å²) in [6, 6.07) is 0. The Balaban J connectivity index is 4.19. The minimum absolute atomic E-state index is 0.250. The fraction of sp³-hybridized carbons (Fsp3) is 0.583. The number of hydrogen-bond donors (Lipinski definition) is 3. The van der Waals surface area contributed by atoms with E-state index in [0.717, 1.165) is 6.08 Å². The van der Waals surface area contributed by atoms with Gasteiger partial charge in [0.25, 0.3) is 0 Å². The van der Waals surface area contributed by atoms with Crippen LogP contribution in [0.2, 0.25) is 0 Å². The second kappa shape index (κ2) is 6.78. The van der Waals surface area contributed by atoms with Crippen LogP contribution in [-0.4, -0.2) is 35.0 Å². The quantitative estimate of drug-likeness (QED) is 0.571. The zero-order valence-corrected chi connectivity index (χ0v) is 10.9. The molecule has 3 N–H and O–H groups in total. The van der Waals surface area contributed by atoms with Crippen molar-refractivity contribution in [3.8, 4) is 0 Å². The molecule has 0 bridgehead atoms. The molecule has 0 heterocycles. The number of aliphatic carboxylic acids is 1. The highest BCUT2D eigenvalue weighted by Crippen LogP contribution is 2.04. The van der Waals surface area contributed by atoms with Gasteiger partial charge in [0.1, 0.15) is 5.54 Å². The molecule has 0 radical (unpaired) electrons. The number of nitrogens with one attached hydrogen (secondary N) is 2. The first kappa shape index (κ1) is 16.1. The van der Waals surface area contributed by atoms with Crippen molar-refractivity contribution in [2.45, 2.75) is 32.7 Å². The lowest BCUT2D eigenvalue weighted by molar-refractivity contribution is -0.141. The topological polar surface area (TPSA) is 95.5 Å². The monoisotopic (exact) mass is 256 g/mol. The summed E-state index contributed by atoms with van der Waals surface area (Å²) in [6.07, 6.45) is 1.42. The van der Waals surface area contributed by atoms with Crippen molar-refractivity contribution in [2.75, 3.05) is 6.54 Å². The van der Waals surface area contributed by atoms with E-state index in [1.165, 1.54) is 0 Å². The van der Waals surface area contributed by atoms with Gasteiger partial charge in [0, 0.05) is 6.54 Å². The Hall–Kier alpha value is -1.85. The summed E-state index contributed by atoms with van der Waals surface area (Å²) in [6.45, 7) is 8.24. The van der Waals surface area contributed by atoms with E-state index >= 15 is 0 Å². The Kier molecular flexibility index (Phi) is 6.08. The molecule has 0 aromatic heterocycles. The molecule has 6 heteroatoms. The highest BCUT2D eigenvalue weighted by atomic mass is 16.4. The maximum Gasteiger partial charge on any atom is 0.306 e. The van der Waals surface area contributed by atoms with Gasteiger partial charge in [-0.2, -0.15) is 0 Å². The zero-order chi connectivity index (χ0) is 14.3. The molecule has 0 aromatic rings. The third kappa shape index (κ3) is 5.47. The minimum Gasteiger partial charge on any atom is -0.481 e. The van der Waals surface area contributed by atoms with E-state index in [2.05, 4.69) is 17.2 Å². The van der Waals surface area contributed by atoms with Gasteiger partial charge in [0.15, 0.2) is 0 Å². The number of hydrogen-bond acceptors (Lipinski definition) is 3. The summed E-state index contributed by atoms with van der Waals surface area (Å²) in [5, 5.41) is 13.7. The second-order valence-corrected chi connectivity index (χ2v) is 4.60. The highest BCUT2D eigenvalue weighted by Gasteiger charge is 2.28. The SMILES string of the molecule is C=CC(=O)NC(C)(C)C(=O)NCCC(C)C(=O)O. The third-order valence-electron chi connectivity index (χ3n) is 2.47. The van der Waals surface area contributed by atoms with Crippen LogP contribution in [0.15, 0.2) is 12.7 Å². The number of amides is 2. The molecule has 0 saturated carbocycles. The Labute approximate surface area is 106 Å². The largest absolute Gasteiger partial charge is 0.481 e. The van der Waals surface area contributed by atoms with Crippen LogP contribution in [0.4, 0.5) is 0 Å². The lowest BCUT2D eigenvalue weighted by Crippen LogP contribution is -2.54. The predicted molar refractivity (Wildman–Crippen MR) is 66.8 cm³/mol. The van der Waals surface area contributed by atoms with Crippen molar-refractivity contribution < 1.29 is 19.5 Å². The molecule has 0 fully saturated rings. The molecule has 0 rings (SSSR count). The summed E-state index contributed by atoms with van der Waals surface area (Å²) < 4.78 is 0. The summed E-state index contributed by atoms with van der Waals surface area (Å²) in [7, 11) is 0. The van der Waals surface area contributed by atoms with Gasteiger partial charge in [-0.25, -0.2) is 0 Å². The summed E-state index contributed by atoms with van der Waals surface area (Å²) in [5.74, 6) is -2.22. The lowest BCUT2D eigenvalue weighted by Gasteiger charge is -2.24. The van der Waals surface area contributed by atoms with Crippen LogP contribution in [0, 0.1) is 5.92 Å². The summed E-state index contributed by atoms with van der Waals surface area (Å²) >= 11 is 0. The Morgan fingerprint density at radius 1 is 1.39 bits per heavy atom. The average molecular weight is 256 g/mol. The number of carboxylic acid groups (broad SMARTS) is 1. The average Bonchev–Trinajstić information content (AvgIpc) is 2.27. The molecule has 1 unspecified atom stereocenters. The number of rotatable bonds is 7. The van der Waals surface area contributed by atoms with E-state index in [1.807, 2.05) is 0 Å². The minimum atomic E-state index is -1.06. The predicted octanol–water partition coefficient (Wildman–Crippen LogP) is 0.294. The summed E-state index contributed by atoms with van der Waals surface area (Å²) in [4.78, 5) is 33.5. The van der Waals surface area contributed by atoms with E-state index in [4.69, 9.17) is 5.11 Å². The van der Waals surface area contributed by atoms with Crippen LogP contribution in [-0.2, 0) is 14.4 Å². The maximum absolute atomic E-state index is 11.8. The Bertz CT molecular complexity index is 350. The molecule has 102 valence electrons. The van der Waals surface area contributed by atoms with Gasteiger partial charge in [-0.1, -0.05) is 13.5 Å². The van der Waals surface area contributed by atoms with Gasteiger partial charge in [0.2, 0.25) is 11.8 Å². The summed E-state index contributed by atoms with van der Waals surface area (Å²) in [5.41, 5.74) is -1.06. The van der Waals surface area contributed by atoms with E-state index < -0.39 is 23.3 Å². The lowest BCUT2D eigenvalue weighted by atomic mass is 10.0. The zero-order valence-electron chi connectivity index (χ0n) is 10.9. The van der Waals surface area contributed by atoms with Crippen LogP contribution in [0.3, 0.4) is 0 Å². The van der Waals surface area contributed by atoms with Gasteiger partial charge in [0.05, 0.1) is 5.92 Å². The molecule has 0 saturated heterocycles. The van der Waals surface area contributed by atoms with Crippen molar-refractivity contribution >= 4 is 17.8 Å². The third-order valence-corrected chi connectivity index (χ3v) is 2.47. The van der Waals surface area contributed by atoms with Gasteiger partial charge < -0.3 is 15.7 Å². The molecular formula is C12H20N2O4. The normalized spacial score (nSPS) is 12.4. The molecule has 2 amide bonds. The van der Waals surface area contributed by atoms with E-state index in [-0.39, 0.29) is 12.5 Å². The molecule has 0 aliphatic carbocycles. The van der Waals surface area contributed by atoms with Crippen molar-refractivity contribution in [2.24, 2.45) is 5.92 Å². The van der Waals surface area contributed by atoms with Crippen molar-refractivity contribution in [1.29, 1.82) is 0 Å². The molecule has 0 aliphatic rings. The van der Waals surface area contributed by atoms with E-state index in [0.29, 0.717) is 6.42 Å². The van der Waals surface area contributed by atoms with Gasteiger partial charge in [-0.05, 0) is 26.3 Å². The van der Waals surface area contributed by atoms with Crippen molar-refractivity contribution in [1.82, 2.24) is 10.6 Å². The van der Waals surface area contributed by atoms with Crippen LogP contribution < -0.4 is 10.6 Å². The first-order chi connectivity index (χ1) is 8.20. The Morgan fingerprint density at radius 2 is 1.94 bits per heavy atom. The first-order valence-corrected chi connectivity index (χ1v) is 5.66. The standard InChI is InChI=1S/C12H20N2O4/c1-5-9(15)14-12(3,4)11(18)13-7-6-8(2)10(16)17/h5,8H,1,6-7H2,2-4H3,(H,13,18)(H,14,15)(H,16,17). The smallest absolute Gasteiger partial charge is 0.306 e. The number of carbonyl (C=O) groups excluding carboxylic acids is 2. The van der Waals surface area contributed by atoms with Crippen LogP contribution in [0.25, 0.3) is 0 Å². The molecule has 0 aliphatic heterocycles. The van der Waals surface area contributed by atoms with Gasteiger partial charge in [-0.3, -0.25) is 14.4 Å². The molecule has 0 aromatic carbocycles. The van der Waals surface area contributed by atoms with Crippen molar-refractivity contribution in [3.63, 3.8) is 0 Å². The fourth-order valence-corrected chi connectivity index (χ4v) is 1.16. The number of carbonyl (C=O) groups is 3. The second-order valence-electron chi connectivity index (χ2n) is 4.60. The molecular weight excluding hydrogens is 236 g/mol. The molecule has 1 atom stereocenters. The van der Waals surface area contributed by atoms with E-state index in [1.54, 1.807) is 20.8 Å². The molecule has 18 heavy (non-hydrogen) atoms.